The monoisotopic (exact) mass is 352 g/mol. The molecule has 0 bridgehead atoms. The zero-order chi connectivity index (χ0) is 17.9. The molecule has 0 heterocycles. The maximum absolute atomic E-state index is 14.3. The molecular weight excluding hydrogens is 335 g/mol. The van der Waals surface area contributed by atoms with E-state index in [1.807, 2.05) is 0 Å². The highest BCUT2D eigenvalue weighted by Crippen LogP contribution is 2.32. The van der Waals surface area contributed by atoms with Crippen LogP contribution in [0.1, 0.15) is 19.4 Å². The molecule has 5 nitrogen and oxygen atoms in total. The van der Waals surface area contributed by atoms with Gasteiger partial charge in [0.1, 0.15) is 22.9 Å². The normalized spacial score (nSPS) is 11.2. The second-order valence-corrected chi connectivity index (χ2v) is 6.31. The number of amides is 1. The molecule has 2 aromatic rings. The van der Waals surface area contributed by atoms with Gasteiger partial charge in [0.05, 0.1) is 5.02 Å². The smallest absolute Gasteiger partial charge is 0.405 e. The van der Waals surface area contributed by atoms with Crippen LogP contribution in [-0.2, 0) is 11.2 Å². The Balaban J connectivity index is 2.16. The van der Waals surface area contributed by atoms with Gasteiger partial charge in [-0.2, -0.15) is 0 Å². The number of hydrogen-bond acceptors (Lipinski definition) is 4. The molecule has 0 saturated carbocycles. The van der Waals surface area contributed by atoms with Gasteiger partial charge in [0.25, 0.3) is 0 Å². The van der Waals surface area contributed by atoms with Crippen molar-refractivity contribution in [2.75, 3.05) is 5.73 Å². The summed E-state index contributed by atoms with van der Waals surface area (Å²) >= 11 is 6.03. The minimum atomic E-state index is -0.921. The number of rotatable bonds is 5. The van der Waals surface area contributed by atoms with Crippen LogP contribution in [0.3, 0.4) is 0 Å². The van der Waals surface area contributed by atoms with E-state index in [4.69, 9.17) is 32.5 Å². The summed E-state index contributed by atoms with van der Waals surface area (Å²) in [5, 5.41) is 0.329. The molecule has 0 aliphatic rings. The maximum Gasteiger partial charge on any atom is 0.405 e. The molecule has 0 saturated heterocycles. The van der Waals surface area contributed by atoms with E-state index >= 15 is 0 Å². The van der Waals surface area contributed by atoms with E-state index in [0.717, 1.165) is 0 Å². The molecule has 0 radical (unpaired) electrons. The molecule has 1 amide bonds. The van der Waals surface area contributed by atoms with Crippen molar-refractivity contribution < 1.29 is 18.7 Å². The molecule has 24 heavy (non-hydrogen) atoms. The van der Waals surface area contributed by atoms with Crippen molar-refractivity contribution in [1.82, 2.24) is 0 Å². The average molecular weight is 353 g/mol. The van der Waals surface area contributed by atoms with Gasteiger partial charge in [-0.05, 0) is 43.7 Å². The molecule has 0 aliphatic carbocycles. The standard InChI is InChI=1S/C17H18ClFN2O3/c1-17(2,24-16(21)22)9-10-3-5-12(8-14(10)19)23-15-6-4-11(20)7-13(15)18/h3-8H,9,20H2,1-2H3,(H2,21,22). The van der Waals surface area contributed by atoms with Gasteiger partial charge in [0.2, 0.25) is 0 Å². The summed E-state index contributed by atoms with van der Waals surface area (Å²) in [4.78, 5) is 10.9. The van der Waals surface area contributed by atoms with Crippen LogP contribution < -0.4 is 16.2 Å². The Bertz CT molecular complexity index is 765. The molecule has 2 rings (SSSR count). The molecular formula is C17H18ClFN2O3. The van der Waals surface area contributed by atoms with Crippen LogP contribution in [0, 0.1) is 5.82 Å². The van der Waals surface area contributed by atoms with Crippen LogP contribution in [0.25, 0.3) is 0 Å². The fourth-order valence-electron chi connectivity index (χ4n) is 2.23. The number of carbonyl (C=O) groups is 1. The van der Waals surface area contributed by atoms with Crippen LogP contribution in [-0.4, -0.2) is 11.7 Å². The fraction of sp³-hybridized carbons (Fsp3) is 0.235. The van der Waals surface area contributed by atoms with Gasteiger partial charge in [-0.1, -0.05) is 17.7 Å². The number of hydrogen-bond donors (Lipinski definition) is 2. The second kappa shape index (κ2) is 6.97. The number of carbonyl (C=O) groups excluding carboxylic acids is 1. The Morgan fingerprint density at radius 3 is 2.54 bits per heavy atom. The second-order valence-electron chi connectivity index (χ2n) is 5.90. The third-order valence-electron chi connectivity index (χ3n) is 3.20. The lowest BCUT2D eigenvalue weighted by atomic mass is 9.98. The number of halogens is 2. The molecule has 0 aromatic heterocycles. The zero-order valence-corrected chi connectivity index (χ0v) is 14.1. The molecule has 4 N–H and O–H groups in total. The van der Waals surface area contributed by atoms with Gasteiger partial charge in [-0.25, -0.2) is 9.18 Å². The van der Waals surface area contributed by atoms with Crippen LogP contribution in [0.4, 0.5) is 14.9 Å². The van der Waals surface area contributed by atoms with Crippen molar-refractivity contribution in [2.45, 2.75) is 25.9 Å². The minimum absolute atomic E-state index is 0.171. The lowest BCUT2D eigenvalue weighted by Gasteiger charge is -2.24. The van der Waals surface area contributed by atoms with Gasteiger partial charge >= 0.3 is 6.09 Å². The predicted octanol–water partition coefficient (Wildman–Crippen LogP) is 4.27. The Morgan fingerprint density at radius 2 is 1.96 bits per heavy atom. The maximum atomic E-state index is 14.3. The molecule has 0 atom stereocenters. The zero-order valence-electron chi connectivity index (χ0n) is 13.3. The Hall–Kier alpha value is -2.47. The quantitative estimate of drug-likeness (QED) is 0.786. The third kappa shape index (κ3) is 4.76. The van der Waals surface area contributed by atoms with Crippen molar-refractivity contribution >= 4 is 23.4 Å². The lowest BCUT2D eigenvalue weighted by molar-refractivity contribution is 0.0454. The van der Waals surface area contributed by atoms with Crippen molar-refractivity contribution in [1.29, 1.82) is 0 Å². The van der Waals surface area contributed by atoms with E-state index in [9.17, 15) is 9.18 Å². The van der Waals surface area contributed by atoms with E-state index < -0.39 is 17.5 Å². The SMILES string of the molecule is CC(C)(Cc1ccc(Oc2ccc(N)cc2Cl)cc1F)OC(N)=O. The topological polar surface area (TPSA) is 87.6 Å². The van der Waals surface area contributed by atoms with Gasteiger partial charge < -0.3 is 20.9 Å². The minimum Gasteiger partial charge on any atom is -0.456 e. The van der Waals surface area contributed by atoms with E-state index in [0.29, 0.717) is 22.0 Å². The fourth-order valence-corrected chi connectivity index (χ4v) is 2.46. The Labute approximate surface area is 144 Å². The van der Waals surface area contributed by atoms with Crippen molar-refractivity contribution in [2.24, 2.45) is 5.73 Å². The highest BCUT2D eigenvalue weighted by molar-refractivity contribution is 6.32. The summed E-state index contributed by atoms with van der Waals surface area (Å²) in [5.41, 5.74) is 10.6. The number of anilines is 1. The largest absolute Gasteiger partial charge is 0.456 e. The van der Waals surface area contributed by atoms with Crippen molar-refractivity contribution in [3.63, 3.8) is 0 Å². The first-order valence-electron chi connectivity index (χ1n) is 7.16. The number of nitrogens with two attached hydrogens (primary N) is 2. The molecule has 0 spiro atoms. The van der Waals surface area contributed by atoms with Crippen molar-refractivity contribution in [3.8, 4) is 11.5 Å². The highest BCUT2D eigenvalue weighted by atomic mass is 35.5. The summed E-state index contributed by atoms with van der Waals surface area (Å²) in [6.45, 7) is 3.30. The number of primary amides is 1. The van der Waals surface area contributed by atoms with Gasteiger partial charge in [0, 0.05) is 18.2 Å². The van der Waals surface area contributed by atoms with Crippen molar-refractivity contribution in [3.05, 3.63) is 52.8 Å². The molecule has 7 heteroatoms. The molecule has 2 aromatic carbocycles. The third-order valence-corrected chi connectivity index (χ3v) is 3.50. The molecule has 0 unspecified atom stereocenters. The summed E-state index contributed by atoms with van der Waals surface area (Å²) in [7, 11) is 0. The van der Waals surface area contributed by atoms with E-state index in [-0.39, 0.29) is 12.2 Å². The van der Waals surface area contributed by atoms with Crippen LogP contribution in [0.15, 0.2) is 36.4 Å². The number of ether oxygens (including phenoxy) is 2. The predicted molar refractivity (Wildman–Crippen MR) is 90.8 cm³/mol. The van der Waals surface area contributed by atoms with E-state index in [1.54, 1.807) is 44.2 Å². The van der Waals surface area contributed by atoms with Gasteiger partial charge in [-0.3, -0.25) is 0 Å². The molecule has 128 valence electrons. The first-order chi connectivity index (χ1) is 11.2. The van der Waals surface area contributed by atoms with Crippen LogP contribution in [0.5, 0.6) is 11.5 Å². The first-order valence-corrected chi connectivity index (χ1v) is 7.54. The Kier molecular flexibility index (Phi) is 5.19. The number of nitrogen functional groups attached to an aromatic ring is 1. The van der Waals surface area contributed by atoms with Crippen LogP contribution in [0.2, 0.25) is 5.02 Å². The van der Waals surface area contributed by atoms with Gasteiger partial charge in [-0.15, -0.1) is 0 Å². The highest BCUT2D eigenvalue weighted by Gasteiger charge is 2.24. The van der Waals surface area contributed by atoms with E-state index in [1.165, 1.54) is 6.07 Å². The molecule has 0 aliphatic heterocycles. The van der Waals surface area contributed by atoms with Gasteiger partial charge in [0.15, 0.2) is 0 Å². The summed E-state index contributed by atoms with van der Waals surface area (Å²) in [6, 6.07) is 9.18. The summed E-state index contributed by atoms with van der Waals surface area (Å²) < 4.78 is 24.8. The molecule has 0 fully saturated rings. The average Bonchev–Trinajstić information content (AvgIpc) is 2.43. The summed E-state index contributed by atoms with van der Waals surface area (Å²) in [6.07, 6.45) is -0.733. The van der Waals surface area contributed by atoms with Crippen LogP contribution >= 0.6 is 11.6 Å². The lowest BCUT2D eigenvalue weighted by Crippen LogP contribution is -2.33. The van der Waals surface area contributed by atoms with E-state index in [2.05, 4.69) is 0 Å². The Morgan fingerprint density at radius 1 is 1.25 bits per heavy atom. The first kappa shape index (κ1) is 17.9. The summed E-state index contributed by atoms with van der Waals surface area (Å²) in [5.74, 6) is 0.173. The number of benzene rings is 2.